The maximum absolute atomic E-state index is 5.68. The molecule has 90 valence electrons. The fraction of sp³-hybridized carbons (Fsp3) is 1.00. The van der Waals surface area contributed by atoms with E-state index in [1.165, 1.54) is 44.9 Å². The van der Waals surface area contributed by atoms with E-state index in [4.69, 9.17) is 5.84 Å². The van der Waals surface area contributed by atoms with E-state index in [2.05, 4.69) is 26.2 Å². The molecular weight excluding hydrogens is 184 g/mol. The summed E-state index contributed by atoms with van der Waals surface area (Å²) in [6, 6.07) is 0.546. The first-order chi connectivity index (χ1) is 7.03. The van der Waals surface area contributed by atoms with Gasteiger partial charge in [0.25, 0.3) is 0 Å². The van der Waals surface area contributed by atoms with Crippen LogP contribution in [-0.4, -0.2) is 6.04 Å². The number of rotatable bonds is 4. The highest BCUT2D eigenvalue weighted by atomic mass is 15.2. The molecule has 2 heteroatoms. The number of nitrogens with two attached hydrogens (primary N) is 1. The monoisotopic (exact) mass is 212 g/mol. The second-order valence-corrected chi connectivity index (χ2v) is 6.27. The summed E-state index contributed by atoms with van der Waals surface area (Å²) >= 11 is 0. The molecule has 0 amide bonds. The third kappa shape index (κ3) is 4.98. The Hall–Kier alpha value is -0.0800. The van der Waals surface area contributed by atoms with Gasteiger partial charge < -0.3 is 0 Å². The maximum atomic E-state index is 5.68. The van der Waals surface area contributed by atoms with Crippen LogP contribution in [0.25, 0.3) is 0 Å². The van der Waals surface area contributed by atoms with Gasteiger partial charge in [0.1, 0.15) is 0 Å². The molecule has 0 aromatic heterocycles. The van der Waals surface area contributed by atoms with Crippen LogP contribution in [-0.2, 0) is 0 Å². The van der Waals surface area contributed by atoms with E-state index in [0.29, 0.717) is 11.5 Å². The van der Waals surface area contributed by atoms with E-state index in [0.717, 1.165) is 5.92 Å². The largest absolute Gasteiger partial charge is 0.271 e. The second kappa shape index (κ2) is 5.86. The molecule has 15 heavy (non-hydrogen) atoms. The Bertz CT molecular complexity index is 166. The molecular formula is C13H28N2. The fourth-order valence-electron chi connectivity index (χ4n) is 2.58. The molecule has 0 aromatic carbocycles. The lowest BCUT2D eigenvalue weighted by Crippen LogP contribution is -2.42. The van der Waals surface area contributed by atoms with Gasteiger partial charge in [-0.05, 0) is 37.0 Å². The fourth-order valence-corrected chi connectivity index (χ4v) is 2.58. The summed E-state index contributed by atoms with van der Waals surface area (Å²) in [5.41, 5.74) is 3.48. The maximum Gasteiger partial charge on any atom is 0.0238 e. The molecule has 3 N–H and O–H groups in total. The summed E-state index contributed by atoms with van der Waals surface area (Å²) < 4.78 is 0. The van der Waals surface area contributed by atoms with Gasteiger partial charge in [-0.1, -0.05) is 40.0 Å². The number of nitrogens with one attached hydrogen (secondary N) is 1. The molecule has 1 aliphatic carbocycles. The lowest BCUT2D eigenvalue weighted by molar-refractivity contribution is 0.232. The quantitative estimate of drug-likeness (QED) is 0.554. The predicted octanol–water partition coefficient (Wildman–Crippen LogP) is 3.22. The van der Waals surface area contributed by atoms with Crippen LogP contribution < -0.4 is 11.3 Å². The number of hydrazine groups is 1. The van der Waals surface area contributed by atoms with E-state index >= 15 is 0 Å². The van der Waals surface area contributed by atoms with Crippen molar-refractivity contribution < 1.29 is 0 Å². The molecule has 0 radical (unpaired) electrons. The van der Waals surface area contributed by atoms with E-state index in [-0.39, 0.29) is 0 Å². The molecule has 2 nitrogen and oxygen atoms in total. The van der Waals surface area contributed by atoms with Crippen LogP contribution in [0.3, 0.4) is 0 Å². The molecule has 0 heterocycles. The molecule has 1 fully saturated rings. The van der Waals surface area contributed by atoms with Gasteiger partial charge in [-0.25, -0.2) is 0 Å². The molecule has 1 rings (SSSR count). The zero-order chi connectivity index (χ0) is 11.3. The summed E-state index contributed by atoms with van der Waals surface area (Å²) in [4.78, 5) is 0. The summed E-state index contributed by atoms with van der Waals surface area (Å²) in [7, 11) is 0. The first kappa shape index (κ1) is 13.0. The van der Waals surface area contributed by atoms with Gasteiger partial charge in [-0.3, -0.25) is 11.3 Å². The SMILES string of the molecule is CC(C)(C)CCC(NN)C1CCCCC1. The minimum Gasteiger partial charge on any atom is -0.271 e. The minimum atomic E-state index is 0.434. The topological polar surface area (TPSA) is 38.0 Å². The van der Waals surface area contributed by atoms with Crippen molar-refractivity contribution in [2.45, 2.75) is 71.8 Å². The van der Waals surface area contributed by atoms with Crippen molar-refractivity contribution in [1.82, 2.24) is 5.43 Å². The van der Waals surface area contributed by atoms with Crippen LogP contribution >= 0.6 is 0 Å². The van der Waals surface area contributed by atoms with Crippen LogP contribution in [0, 0.1) is 11.3 Å². The molecule has 1 saturated carbocycles. The predicted molar refractivity (Wildman–Crippen MR) is 66.4 cm³/mol. The Balaban J connectivity index is 2.34. The van der Waals surface area contributed by atoms with Gasteiger partial charge >= 0.3 is 0 Å². The van der Waals surface area contributed by atoms with Crippen molar-refractivity contribution in [3.63, 3.8) is 0 Å². The standard InChI is InChI=1S/C13H28N2/c1-13(2,3)10-9-12(15-14)11-7-5-4-6-8-11/h11-12,15H,4-10,14H2,1-3H3. The van der Waals surface area contributed by atoms with E-state index in [1.807, 2.05) is 0 Å². The molecule has 0 saturated heterocycles. The van der Waals surface area contributed by atoms with Gasteiger partial charge in [0.15, 0.2) is 0 Å². The first-order valence-electron chi connectivity index (χ1n) is 6.49. The molecule has 0 bridgehead atoms. The zero-order valence-corrected chi connectivity index (χ0v) is 10.7. The second-order valence-electron chi connectivity index (χ2n) is 6.27. The van der Waals surface area contributed by atoms with Crippen molar-refractivity contribution in [2.24, 2.45) is 17.2 Å². The Morgan fingerprint density at radius 1 is 1.20 bits per heavy atom. The third-order valence-electron chi connectivity index (χ3n) is 3.64. The van der Waals surface area contributed by atoms with Gasteiger partial charge in [-0.2, -0.15) is 0 Å². The average Bonchev–Trinajstić information content (AvgIpc) is 2.19. The Morgan fingerprint density at radius 3 is 2.27 bits per heavy atom. The molecule has 0 aliphatic heterocycles. The van der Waals surface area contributed by atoms with Gasteiger partial charge in [0.05, 0.1) is 0 Å². The van der Waals surface area contributed by atoms with E-state index in [1.54, 1.807) is 0 Å². The summed E-state index contributed by atoms with van der Waals surface area (Å²) in [5, 5.41) is 0. The van der Waals surface area contributed by atoms with Gasteiger partial charge in [0, 0.05) is 6.04 Å². The van der Waals surface area contributed by atoms with Gasteiger partial charge in [-0.15, -0.1) is 0 Å². The van der Waals surface area contributed by atoms with Crippen molar-refractivity contribution in [2.75, 3.05) is 0 Å². The molecule has 1 unspecified atom stereocenters. The van der Waals surface area contributed by atoms with Crippen LogP contribution in [0.4, 0.5) is 0 Å². The number of hydrogen-bond acceptors (Lipinski definition) is 2. The van der Waals surface area contributed by atoms with Crippen LogP contribution in [0.15, 0.2) is 0 Å². The van der Waals surface area contributed by atoms with Crippen molar-refractivity contribution in [3.8, 4) is 0 Å². The Morgan fingerprint density at radius 2 is 1.80 bits per heavy atom. The molecule has 1 atom stereocenters. The Labute approximate surface area is 95.0 Å². The minimum absolute atomic E-state index is 0.434. The van der Waals surface area contributed by atoms with E-state index < -0.39 is 0 Å². The third-order valence-corrected chi connectivity index (χ3v) is 3.64. The highest BCUT2D eigenvalue weighted by molar-refractivity contribution is 4.79. The summed E-state index contributed by atoms with van der Waals surface area (Å²) in [5.74, 6) is 6.51. The normalized spacial score (nSPS) is 21.6. The zero-order valence-electron chi connectivity index (χ0n) is 10.7. The van der Waals surface area contributed by atoms with Crippen molar-refractivity contribution in [1.29, 1.82) is 0 Å². The highest BCUT2D eigenvalue weighted by Gasteiger charge is 2.24. The lowest BCUT2D eigenvalue weighted by atomic mass is 9.79. The van der Waals surface area contributed by atoms with Crippen LogP contribution in [0.5, 0.6) is 0 Å². The molecule has 0 spiro atoms. The van der Waals surface area contributed by atoms with Crippen molar-refractivity contribution >= 4 is 0 Å². The first-order valence-corrected chi connectivity index (χ1v) is 6.49. The molecule has 1 aliphatic rings. The molecule has 0 aromatic rings. The lowest BCUT2D eigenvalue weighted by Gasteiger charge is -2.31. The van der Waals surface area contributed by atoms with Crippen LogP contribution in [0.2, 0.25) is 0 Å². The van der Waals surface area contributed by atoms with Crippen LogP contribution in [0.1, 0.15) is 65.7 Å². The summed E-state index contributed by atoms with van der Waals surface area (Å²) in [6.45, 7) is 6.92. The summed E-state index contributed by atoms with van der Waals surface area (Å²) in [6.07, 6.45) is 9.46. The number of hydrogen-bond donors (Lipinski definition) is 2. The smallest absolute Gasteiger partial charge is 0.0238 e. The Kier molecular flexibility index (Phi) is 5.07. The highest BCUT2D eigenvalue weighted by Crippen LogP contribution is 2.30. The average molecular weight is 212 g/mol. The van der Waals surface area contributed by atoms with E-state index in [9.17, 15) is 0 Å². The van der Waals surface area contributed by atoms with Crippen molar-refractivity contribution in [3.05, 3.63) is 0 Å². The van der Waals surface area contributed by atoms with Gasteiger partial charge in [0.2, 0.25) is 0 Å².